The summed E-state index contributed by atoms with van der Waals surface area (Å²) in [4.78, 5) is 3.69. The van der Waals surface area contributed by atoms with Gasteiger partial charge in [0.15, 0.2) is 0 Å². The van der Waals surface area contributed by atoms with Gasteiger partial charge in [-0.05, 0) is 24.3 Å². The zero-order valence-electron chi connectivity index (χ0n) is 9.27. The number of benzene rings is 1. The first-order valence-corrected chi connectivity index (χ1v) is 7.60. The van der Waals surface area contributed by atoms with Crippen LogP contribution in [0.4, 0.5) is 5.69 Å². The summed E-state index contributed by atoms with van der Waals surface area (Å²) in [5.74, 6) is 0. The molecule has 0 aliphatic heterocycles. The average molecular weight is 338 g/mol. The molecule has 0 radical (unpaired) electrons. The van der Waals surface area contributed by atoms with Gasteiger partial charge in [-0.15, -0.1) is 0 Å². The number of nitrogens with one attached hydrogen (secondary N) is 1. The summed E-state index contributed by atoms with van der Waals surface area (Å²) in [5.41, 5.74) is 0.124. The molecule has 1 N–H and O–H groups in total. The van der Waals surface area contributed by atoms with Crippen molar-refractivity contribution < 1.29 is 8.42 Å². The van der Waals surface area contributed by atoms with Crippen molar-refractivity contribution in [2.45, 2.75) is 4.90 Å². The minimum absolute atomic E-state index is 0.0245. The molecular weight excluding hydrogens is 331 g/mol. The van der Waals surface area contributed by atoms with Crippen LogP contribution >= 0.6 is 34.8 Å². The van der Waals surface area contributed by atoms with Gasteiger partial charge in [0.25, 0.3) is 10.0 Å². The Hall–Kier alpha value is -1.01. The number of nitrogens with zero attached hydrogens (tertiary/aromatic N) is 1. The molecule has 0 saturated carbocycles. The zero-order chi connectivity index (χ0) is 14.0. The van der Waals surface area contributed by atoms with Crippen molar-refractivity contribution in [2.75, 3.05) is 4.72 Å². The Kier molecular flexibility index (Phi) is 4.20. The number of para-hydroxylation sites is 1. The summed E-state index contributed by atoms with van der Waals surface area (Å²) in [6, 6.07) is 7.23. The lowest BCUT2D eigenvalue weighted by Gasteiger charge is -2.11. The predicted octanol–water partition coefficient (Wildman–Crippen LogP) is 3.84. The largest absolute Gasteiger partial charge is 0.277 e. The van der Waals surface area contributed by atoms with Crippen molar-refractivity contribution in [3.8, 4) is 0 Å². The third kappa shape index (κ3) is 3.30. The van der Waals surface area contributed by atoms with Gasteiger partial charge in [-0.2, -0.15) is 0 Å². The van der Waals surface area contributed by atoms with Gasteiger partial charge in [-0.3, -0.25) is 4.72 Å². The Bertz CT molecular complexity index is 699. The molecule has 0 saturated heterocycles. The van der Waals surface area contributed by atoms with Crippen LogP contribution in [0.2, 0.25) is 15.2 Å². The maximum absolute atomic E-state index is 12.1. The smallest absolute Gasteiger partial charge is 0.262 e. The van der Waals surface area contributed by atoms with E-state index in [-0.39, 0.29) is 25.8 Å². The second-order valence-electron chi connectivity index (χ2n) is 3.52. The Morgan fingerprint density at radius 3 is 2.26 bits per heavy atom. The molecule has 2 rings (SSSR count). The molecule has 0 fully saturated rings. The number of pyridine rings is 1. The van der Waals surface area contributed by atoms with E-state index in [9.17, 15) is 8.42 Å². The summed E-state index contributed by atoms with van der Waals surface area (Å²) < 4.78 is 26.6. The lowest BCUT2D eigenvalue weighted by molar-refractivity contribution is 0.601. The molecule has 0 amide bonds. The summed E-state index contributed by atoms with van der Waals surface area (Å²) in [6.45, 7) is 0. The van der Waals surface area contributed by atoms with Crippen LogP contribution in [-0.4, -0.2) is 13.4 Å². The Labute approximate surface area is 125 Å². The summed E-state index contributed by atoms with van der Waals surface area (Å²) in [7, 11) is -3.82. The van der Waals surface area contributed by atoms with Gasteiger partial charge in [0.1, 0.15) is 5.15 Å². The van der Waals surface area contributed by atoms with E-state index in [0.717, 1.165) is 0 Å². The van der Waals surface area contributed by atoms with Crippen molar-refractivity contribution >= 4 is 50.5 Å². The van der Waals surface area contributed by atoms with Crippen LogP contribution in [0, 0.1) is 0 Å². The molecule has 2 aromatic rings. The molecule has 0 aliphatic carbocycles. The fourth-order valence-electron chi connectivity index (χ4n) is 1.34. The molecular formula is C11H7Cl3N2O2S. The molecule has 19 heavy (non-hydrogen) atoms. The van der Waals surface area contributed by atoms with E-state index in [1.54, 1.807) is 6.07 Å². The van der Waals surface area contributed by atoms with Gasteiger partial charge in [-0.25, -0.2) is 13.4 Å². The first-order chi connectivity index (χ1) is 8.90. The van der Waals surface area contributed by atoms with Gasteiger partial charge in [0.05, 0.1) is 20.6 Å². The number of sulfonamides is 1. The number of rotatable bonds is 3. The first kappa shape index (κ1) is 14.4. The van der Waals surface area contributed by atoms with E-state index in [2.05, 4.69) is 9.71 Å². The topological polar surface area (TPSA) is 59.1 Å². The van der Waals surface area contributed by atoms with E-state index in [4.69, 9.17) is 34.8 Å². The Balaban J connectivity index is 2.42. The van der Waals surface area contributed by atoms with Crippen LogP contribution in [0.25, 0.3) is 0 Å². The van der Waals surface area contributed by atoms with Gasteiger partial charge in [-0.1, -0.05) is 40.9 Å². The fraction of sp³-hybridized carbons (Fsp3) is 0. The number of anilines is 1. The minimum Gasteiger partial charge on any atom is -0.277 e. The molecule has 1 heterocycles. The van der Waals surface area contributed by atoms with Crippen LogP contribution in [0.5, 0.6) is 0 Å². The highest BCUT2D eigenvalue weighted by Gasteiger charge is 2.18. The van der Waals surface area contributed by atoms with Crippen molar-refractivity contribution in [2.24, 2.45) is 0 Å². The maximum Gasteiger partial charge on any atom is 0.262 e. The second kappa shape index (κ2) is 5.54. The summed E-state index contributed by atoms with van der Waals surface area (Å²) >= 11 is 17.5. The van der Waals surface area contributed by atoms with E-state index in [1.165, 1.54) is 30.5 Å². The Morgan fingerprint density at radius 2 is 1.68 bits per heavy atom. The average Bonchev–Trinajstić information content (AvgIpc) is 2.34. The van der Waals surface area contributed by atoms with Crippen LogP contribution in [-0.2, 0) is 10.0 Å². The van der Waals surface area contributed by atoms with Crippen molar-refractivity contribution in [3.05, 3.63) is 51.7 Å². The van der Waals surface area contributed by atoms with Gasteiger partial charge < -0.3 is 0 Å². The standard InChI is InChI=1S/C11H7Cl3N2O2S/c12-8-2-1-3-9(13)11(8)16-19(17,18)7-4-5-15-10(14)6-7/h1-6,16H. The molecule has 1 aromatic heterocycles. The van der Waals surface area contributed by atoms with E-state index in [0.29, 0.717) is 0 Å². The molecule has 1 aromatic carbocycles. The van der Waals surface area contributed by atoms with E-state index >= 15 is 0 Å². The Morgan fingerprint density at radius 1 is 1.05 bits per heavy atom. The zero-order valence-corrected chi connectivity index (χ0v) is 12.4. The summed E-state index contributed by atoms with van der Waals surface area (Å²) in [5, 5.41) is 0.487. The molecule has 0 spiro atoms. The number of aromatic nitrogens is 1. The fourth-order valence-corrected chi connectivity index (χ4v) is 3.30. The maximum atomic E-state index is 12.1. The van der Waals surface area contributed by atoms with Crippen LogP contribution in [0.1, 0.15) is 0 Å². The number of halogens is 3. The quantitative estimate of drug-likeness (QED) is 0.866. The predicted molar refractivity (Wildman–Crippen MR) is 76.5 cm³/mol. The normalized spacial score (nSPS) is 11.3. The molecule has 0 bridgehead atoms. The number of hydrogen-bond donors (Lipinski definition) is 1. The lowest BCUT2D eigenvalue weighted by Crippen LogP contribution is -2.13. The highest BCUT2D eigenvalue weighted by atomic mass is 35.5. The van der Waals surface area contributed by atoms with Crippen LogP contribution in [0.15, 0.2) is 41.4 Å². The molecule has 100 valence electrons. The van der Waals surface area contributed by atoms with Crippen LogP contribution < -0.4 is 4.72 Å². The van der Waals surface area contributed by atoms with Crippen molar-refractivity contribution in [3.63, 3.8) is 0 Å². The first-order valence-electron chi connectivity index (χ1n) is 4.98. The minimum atomic E-state index is -3.82. The van der Waals surface area contributed by atoms with Gasteiger partial charge >= 0.3 is 0 Å². The lowest BCUT2D eigenvalue weighted by atomic mass is 10.3. The molecule has 4 nitrogen and oxygen atoms in total. The van der Waals surface area contributed by atoms with E-state index < -0.39 is 10.0 Å². The monoisotopic (exact) mass is 336 g/mol. The second-order valence-corrected chi connectivity index (χ2v) is 6.40. The van der Waals surface area contributed by atoms with Gasteiger partial charge in [0, 0.05) is 6.20 Å². The van der Waals surface area contributed by atoms with Crippen LogP contribution in [0.3, 0.4) is 0 Å². The molecule has 0 atom stereocenters. The third-order valence-electron chi connectivity index (χ3n) is 2.21. The summed E-state index contributed by atoms with van der Waals surface area (Å²) in [6.07, 6.45) is 1.30. The van der Waals surface area contributed by atoms with Gasteiger partial charge in [0.2, 0.25) is 0 Å². The highest BCUT2D eigenvalue weighted by molar-refractivity contribution is 7.92. The highest BCUT2D eigenvalue weighted by Crippen LogP contribution is 2.31. The van der Waals surface area contributed by atoms with Crippen molar-refractivity contribution in [1.82, 2.24) is 4.98 Å². The SMILES string of the molecule is O=S(=O)(Nc1c(Cl)cccc1Cl)c1ccnc(Cl)c1. The molecule has 0 aliphatic rings. The molecule has 0 unspecified atom stereocenters. The van der Waals surface area contributed by atoms with Crippen molar-refractivity contribution in [1.29, 1.82) is 0 Å². The third-order valence-corrected chi connectivity index (χ3v) is 4.39. The molecule has 8 heteroatoms. The number of hydrogen-bond acceptors (Lipinski definition) is 3. The van der Waals surface area contributed by atoms with E-state index in [1.807, 2.05) is 0 Å².